The molecule has 1 atom stereocenters. The first kappa shape index (κ1) is 22.7. The van der Waals surface area contributed by atoms with Crippen molar-refractivity contribution in [3.8, 4) is 0 Å². The van der Waals surface area contributed by atoms with Crippen molar-refractivity contribution in [1.82, 2.24) is 0 Å². The van der Waals surface area contributed by atoms with Gasteiger partial charge in [0.1, 0.15) is 14.3 Å². The number of carbonyl (C=O) groups excluding carboxylic acids is 1. The lowest BCUT2D eigenvalue weighted by molar-refractivity contribution is -0.138. The zero-order valence-corrected chi connectivity index (χ0v) is 17.8. The first-order valence-corrected chi connectivity index (χ1v) is 9.65. The highest BCUT2D eigenvalue weighted by Gasteiger charge is 2.49. The van der Waals surface area contributed by atoms with Gasteiger partial charge in [-0.3, -0.25) is 4.79 Å². The van der Waals surface area contributed by atoms with Gasteiger partial charge in [-0.2, -0.15) is 13.2 Å². The maximum Gasteiger partial charge on any atom is 0.416 e. The van der Waals surface area contributed by atoms with E-state index in [2.05, 4.69) is 0 Å². The minimum absolute atomic E-state index is 0.111. The number of halogens is 8. The van der Waals surface area contributed by atoms with E-state index in [9.17, 15) is 18.0 Å². The van der Waals surface area contributed by atoms with E-state index in [-0.39, 0.29) is 34.9 Å². The predicted molar refractivity (Wildman–Crippen MR) is 99.4 cm³/mol. The van der Waals surface area contributed by atoms with Crippen molar-refractivity contribution in [2.45, 2.75) is 47.1 Å². The number of carbonyl (C=O) groups is 1. The number of rotatable bonds is 6. The SMILES string of the molecule is CC1=C(C(F)(F)F)C=C(C(CI)(CC(C)(Cl)Cl)OC=O)CC1(Cl)Cl. The van der Waals surface area contributed by atoms with Crippen molar-refractivity contribution in [3.05, 3.63) is 22.8 Å². The third-order valence-electron chi connectivity index (χ3n) is 3.66. The molecule has 1 unspecified atom stereocenters. The summed E-state index contributed by atoms with van der Waals surface area (Å²) in [6.45, 7) is 2.83. The number of alkyl halides is 8. The van der Waals surface area contributed by atoms with Gasteiger partial charge in [0.2, 0.25) is 0 Å². The summed E-state index contributed by atoms with van der Waals surface area (Å²) in [5.74, 6) is 0. The highest BCUT2D eigenvalue weighted by Crippen LogP contribution is 2.51. The summed E-state index contributed by atoms with van der Waals surface area (Å²) in [4.78, 5) is 11.0. The van der Waals surface area contributed by atoms with Crippen LogP contribution in [-0.2, 0) is 9.53 Å². The quantitative estimate of drug-likeness (QED) is 0.225. The van der Waals surface area contributed by atoms with E-state index < -0.39 is 26.0 Å². The molecule has 24 heavy (non-hydrogen) atoms. The predicted octanol–water partition coefficient (Wildman–Crippen LogP) is 6.30. The molecule has 1 aliphatic rings. The number of hydrogen-bond acceptors (Lipinski definition) is 2. The molecule has 0 bridgehead atoms. The fraction of sp³-hybridized carbons (Fsp3) is 0.643. The molecule has 0 fully saturated rings. The summed E-state index contributed by atoms with van der Waals surface area (Å²) >= 11 is 26.1. The minimum Gasteiger partial charge on any atom is -0.456 e. The Kier molecular flexibility index (Phi) is 7.28. The molecule has 0 radical (unpaired) electrons. The molecule has 0 saturated carbocycles. The summed E-state index contributed by atoms with van der Waals surface area (Å²) in [5, 5.41) is 0. The van der Waals surface area contributed by atoms with Crippen LogP contribution in [0.4, 0.5) is 13.2 Å². The van der Waals surface area contributed by atoms with Gasteiger partial charge in [0.05, 0.1) is 5.57 Å². The zero-order chi connectivity index (χ0) is 19.0. The normalized spacial score (nSPS) is 21.2. The monoisotopic (exact) mass is 538 g/mol. The van der Waals surface area contributed by atoms with Crippen LogP contribution >= 0.6 is 69.0 Å². The Morgan fingerprint density at radius 1 is 1.38 bits per heavy atom. The second-order valence-corrected chi connectivity index (χ2v) is 9.78. The first-order chi connectivity index (χ1) is 10.7. The van der Waals surface area contributed by atoms with E-state index in [0.717, 1.165) is 6.08 Å². The van der Waals surface area contributed by atoms with E-state index in [4.69, 9.17) is 51.1 Å². The van der Waals surface area contributed by atoms with Crippen LogP contribution in [0.1, 0.15) is 26.7 Å². The molecule has 138 valence electrons. The van der Waals surface area contributed by atoms with Gasteiger partial charge >= 0.3 is 6.18 Å². The third kappa shape index (κ3) is 5.32. The molecular weight excluding hydrogens is 526 g/mol. The highest BCUT2D eigenvalue weighted by atomic mass is 127. The lowest BCUT2D eigenvalue weighted by atomic mass is 9.80. The van der Waals surface area contributed by atoms with Crippen molar-refractivity contribution in [3.63, 3.8) is 0 Å². The molecule has 10 heteroatoms. The molecular formula is C14H14Cl4F3IO2. The number of allylic oxidation sites excluding steroid dienone is 3. The van der Waals surface area contributed by atoms with Gasteiger partial charge in [0, 0.05) is 17.3 Å². The van der Waals surface area contributed by atoms with Gasteiger partial charge in [-0.05, 0) is 31.1 Å². The van der Waals surface area contributed by atoms with Crippen LogP contribution < -0.4 is 0 Å². The van der Waals surface area contributed by atoms with E-state index in [1.165, 1.54) is 13.8 Å². The topological polar surface area (TPSA) is 26.3 Å². The van der Waals surface area contributed by atoms with Gasteiger partial charge in [-0.25, -0.2) is 0 Å². The van der Waals surface area contributed by atoms with Crippen LogP contribution in [0.15, 0.2) is 22.8 Å². The molecule has 0 aromatic carbocycles. The Balaban J connectivity index is 3.56. The van der Waals surface area contributed by atoms with Gasteiger partial charge in [-0.1, -0.05) is 45.8 Å². The Morgan fingerprint density at radius 3 is 2.29 bits per heavy atom. The summed E-state index contributed by atoms with van der Waals surface area (Å²) in [7, 11) is 0. The van der Waals surface area contributed by atoms with Crippen LogP contribution in [0.2, 0.25) is 0 Å². The Hall–Kier alpha value is 0.630. The van der Waals surface area contributed by atoms with E-state index in [0.29, 0.717) is 0 Å². The van der Waals surface area contributed by atoms with Crippen molar-refractivity contribution in [2.24, 2.45) is 0 Å². The lowest BCUT2D eigenvalue weighted by Gasteiger charge is -2.40. The largest absolute Gasteiger partial charge is 0.456 e. The van der Waals surface area contributed by atoms with Crippen molar-refractivity contribution >= 4 is 75.5 Å². The molecule has 0 amide bonds. The smallest absolute Gasteiger partial charge is 0.416 e. The lowest BCUT2D eigenvalue weighted by Crippen LogP contribution is -2.44. The summed E-state index contributed by atoms with van der Waals surface area (Å²) in [6.07, 6.45) is -4.01. The molecule has 0 saturated heterocycles. The molecule has 2 nitrogen and oxygen atoms in total. The fourth-order valence-electron chi connectivity index (χ4n) is 2.48. The third-order valence-corrected chi connectivity index (χ3v) is 5.99. The van der Waals surface area contributed by atoms with E-state index in [1.807, 2.05) is 22.6 Å². The maximum atomic E-state index is 13.3. The average molecular weight is 540 g/mol. The van der Waals surface area contributed by atoms with Gasteiger partial charge < -0.3 is 4.74 Å². The molecule has 1 rings (SSSR count). The van der Waals surface area contributed by atoms with Gasteiger partial charge in [0.25, 0.3) is 6.47 Å². The molecule has 1 aliphatic carbocycles. The average Bonchev–Trinajstić information content (AvgIpc) is 2.38. The second kappa shape index (κ2) is 7.71. The molecule has 0 aliphatic heterocycles. The molecule has 0 aromatic heterocycles. The summed E-state index contributed by atoms with van der Waals surface area (Å²) < 4.78 is 42.2. The molecule has 0 spiro atoms. The summed E-state index contributed by atoms with van der Waals surface area (Å²) in [5.41, 5.74) is -2.52. The Morgan fingerprint density at radius 2 is 1.92 bits per heavy atom. The van der Waals surface area contributed by atoms with Crippen molar-refractivity contribution < 1.29 is 22.7 Å². The van der Waals surface area contributed by atoms with Crippen LogP contribution in [0.5, 0.6) is 0 Å². The molecule has 0 N–H and O–H groups in total. The van der Waals surface area contributed by atoms with Crippen molar-refractivity contribution in [2.75, 3.05) is 4.43 Å². The maximum absolute atomic E-state index is 13.3. The first-order valence-electron chi connectivity index (χ1n) is 6.61. The summed E-state index contributed by atoms with van der Waals surface area (Å²) in [6, 6.07) is 0. The van der Waals surface area contributed by atoms with Gasteiger partial charge in [0.15, 0.2) is 0 Å². The van der Waals surface area contributed by atoms with E-state index >= 15 is 0 Å². The van der Waals surface area contributed by atoms with Crippen molar-refractivity contribution in [1.29, 1.82) is 0 Å². The molecule has 0 aromatic rings. The Labute approximate surface area is 171 Å². The Bertz CT molecular complexity index is 567. The fourth-order valence-corrected chi connectivity index (χ4v) is 4.34. The zero-order valence-electron chi connectivity index (χ0n) is 12.6. The minimum atomic E-state index is -4.66. The van der Waals surface area contributed by atoms with Gasteiger partial charge in [-0.15, -0.1) is 23.2 Å². The van der Waals surface area contributed by atoms with Crippen LogP contribution in [-0.4, -0.2) is 31.3 Å². The number of ether oxygens (including phenoxy) is 1. The standard InChI is InChI=1S/C14H14Cl4F3IO2/c1-8-10(14(19,20)21)3-9(4-13(8,17)18)12(6-22,24-7-23)5-11(2,15)16/h3,7H,4-6H2,1-2H3. The number of hydrogen-bond donors (Lipinski definition) is 0. The van der Waals surface area contributed by atoms with Crippen LogP contribution in [0.25, 0.3) is 0 Å². The van der Waals surface area contributed by atoms with Crippen LogP contribution in [0.3, 0.4) is 0 Å². The van der Waals surface area contributed by atoms with Crippen LogP contribution in [0, 0.1) is 0 Å². The molecule has 0 heterocycles. The van der Waals surface area contributed by atoms with E-state index in [1.54, 1.807) is 0 Å². The highest BCUT2D eigenvalue weighted by molar-refractivity contribution is 14.1. The second-order valence-electron chi connectivity index (χ2n) is 5.68.